The normalized spacial score (nSPS) is 9.76. The minimum atomic E-state index is -1.12. The van der Waals surface area contributed by atoms with E-state index in [4.69, 9.17) is 5.11 Å². The fraction of sp³-hybridized carbons (Fsp3) is 0.462. The van der Waals surface area contributed by atoms with Gasteiger partial charge in [0.2, 0.25) is 5.91 Å². The molecule has 0 saturated heterocycles. The molecular formula is C13H17N5O3. The summed E-state index contributed by atoms with van der Waals surface area (Å²) in [5, 5.41) is 30.6. The molecule has 0 aliphatic rings. The predicted molar refractivity (Wildman–Crippen MR) is 74.6 cm³/mol. The number of aryl methyl sites for hydroxylation is 1. The average molecular weight is 291 g/mol. The Balaban J connectivity index is 2.82. The van der Waals surface area contributed by atoms with E-state index in [1.807, 2.05) is 13.8 Å². The van der Waals surface area contributed by atoms with Gasteiger partial charge in [-0.05, 0) is 18.4 Å². The highest BCUT2D eigenvalue weighted by Gasteiger charge is 2.14. The van der Waals surface area contributed by atoms with Crippen LogP contribution in [0.15, 0.2) is 0 Å². The quantitative estimate of drug-likeness (QED) is 0.649. The molecule has 1 aromatic rings. The first kappa shape index (κ1) is 16.4. The van der Waals surface area contributed by atoms with Gasteiger partial charge in [0.15, 0.2) is 5.82 Å². The molecule has 0 unspecified atom stereocenters. The average Bonchev–Trinajstić information content (AvgIpc) is 2.49. The van der Waals surface area contributed by atoms with Gasteiger partial charge in [0.1, 0.15) is 18.2 Å². The number of carbonyl (C=O) groups excluding carboxylic acids is 1. The van der Waals surface area contributed by atoms with Crippen molar-refractivity contribution in [3.8, 4) is 6.07 Å². The maximum Gasteiger partial charge on any atom is 0.322 e. The van der Waals surface area contributed by atoms with Gasteiger partial charge >= 0.3 is 5.97 Å². The molecule has 0 spiro atoms. The maximum atomic E-state index is 11.4. The minimum Gasteiger partial charge on any atom is -0.480 e. The molecule has 0 bridgehead atoms. The first-order valence-electron chi connectivity index (χ1n) is 6.54. The van der Waals surface area contributed by atoms with E-state index in [0.29, 0.717) is 18.4 Å². The number of nitriles is 1. The number of carboxylic acid groups (broad SMARTS) is 1. The van der Waals surface area contributed by atoms with Gasteiger partial charge in [-0.1, -0.05) is 13.8 Å². The Kier molecular flexibility index (Phi) is 6.07. The highest BCUT2D eigenvalue weighted by atomic mass is 16.4. The van der Waals surface area contributed by atoms with Crippen LogP contribution in [-0.2, 0) is 22.4 Å². The van der Waals surface area contributed by atoms with E-state index >= 15 is 0 Å². The Labute approximate surface area is 122 Å². The van der Waals surface area contributed by atoms with E-state index in [-0.39, 0.29) is 12.4 Å². The molecular weight excluding hydrogens is 274 g/mol. The highest BCUT2D eigenvalue weighted by molar-refractivity contribution is 5.84. The van der Waals surface area contributed by atoms with Crippen LogP contribution in [0.3, 0.4) is 0 Å². The molecule has 0 atom stereocenters. The monoisotopic (exact) mass is 291 g/mol. The summed E-state index contributed by atoms with van der Waals surface area (Å²) in [6.07, 6.45) is 1.31. The third-order valence-corrected chi connectivity index (χ3v) is 2.81. The summed E-state index contributed by atoms with van der Waals surface area (Å²) >= 11 is 0. The Hall–Kier alpha value is -2.69. The van der Waals surface area contributed by atoms with E-state index < -0.39 is 18.4 Å². The number of rotatable bonds is 7. The van der Waals surface area contributed by atoms with Crippen molar-refractivity contribution in [1.82, 2.24) is 15.5 Å². The van der Waals surface area contributed by atoms with Gasteiger partial charge in [-0.2, -0.15) is 10.4 Å². The number of aromatic nitrogens is 2. The molecule has 0 aromatic carbocycles. The number of hydrogen-bond donors (Lipinski definition) is 3. The Morgan fingerprint density at radius 3 is 2.48 bits per heavy atom. The summed E-state index contributed by atoms with van der Waals surface area (Å²) in [6.45, 7) is 3.22. The third kappa shape index (κ3) is 4.42. The summed E-state index contributed by atoms with van der Waals surface area (Å²) in [5.41, 5.74) is 1.94. The number of aliphatic carboxylic acids is 1. The lowest BCUT2D eigenvalue weighted by atomic mass is 10.0. The van der Waals surface area contributed by atoms with E-state index in [1.54, 1.807) is 0 Å². The molecule has 1 rings (SSSR count). The van der Waals surface area contributed by atoms with E-state index in [2.05, 4.69) is 26.9 Å². The van der Waals surface area contributed by atoms with Crippen LogP contribution in [0.2, 0.25) is 0 Å². The second kappa shape index (κ2) is 7.79. The van der Waals surface area contributed by atoms with Crippen molar-refractivity contribution < 1.29 is 14.7 Å². The molecule has 0 fully saturated rings. The van der Waals surface area contributed by atoms with Crippen LogP contribution in [-0.4, -0.2) is 40.3 Å². The Morgan fingerprint density at radius 1 is 1.24 bits per heavy atom. The van der Waals surface area contributed by atoms with Crippen molar-refractivity contribution >= 4 is 17.7 Å². The topological polar surface area (TPSA) is 128 Å². The number of hydrogen-bond acceptors (Lipinski definition) is 6. The molecule has 3 N–H and O–H groups in total. The minimum absolute atomic E-state index is 0.175. The number of nitrogens with one attached hydrogen (secondary N) is 2. The summed E-state index contributed by atoms with van der Waals surface area (Å²) in [6, 6.07) is 2.07. The molecule has 1 aromatic heterocycles. The second-order valence-corrected chi connectivity index (χ2v) is 4.19. The molecule has 8 heteroatoms. The standard InChI is InChI=1S/C13H17N5O3/c1-3-8-9(5-14)13(18-17-10(8)4-2)16-6-11(19)15-7-12(20)21/h3-4,6-7H2,1-2H3,(H,15,19)(H,16,18)(H,20,21). The molecule has 8 nitrogen and oxygen atoms in total. The van der Waals surface area contributed by atoms with Crippen LogP contribution in [0.4, 0.5) is 5.82 Å². The highest BCUT2D eigenvalue weighted by Crippen LogP contribution is 2.19. The number of carboxylic acids is 1. The Morgan fingerprint density at radius 2 is 1.95 bits per heavy atom. The van der Waals surface area contributed by atoms with Crippen molar-refractivity contribution in [3.63, 3.8) is 0 Å². The summed E-state index contributed by atoms with van der Waals surface area (Å²) < 4.78 is 0. The van der Waals surface area contributed by atoms with E-state index in [0.717, 1.165) is 11.3 Å². The van der Waals surface area contributed by atoms with Crippen molar-refractivity contribution in [3.05, 3.63) is 16.8 Å². The lowest BCUT2D eigenvalue weighted by Gasteiger charge is -2.11. The van der Waals surface area contributed by atoms with Crippen molar-refractivity contribution in [1.29, 1.82) is 5.26 Å². The number of nitrogens with zero attached hydrogens (tertiary/aromatic N) is 3. The number of amides is 1. The lowest BCUT2D eigenvalue weighted by Crippen LogP contribution is -2.34. The molecule has 1 heterocycles. The molecule has 0 aliphatic heterocycles. The molecule has 0 radical (unpaired) electrons. The first-order chi connectivity index (χ1) is 10.0. The smallest absolute Gasteiger partial charge is 0.322 e. The van der Waals surface area contributed by atoms with Crippen LogP contribution in [0.25, 0.3) is 0 Å². The van der Waals surface area contributed by atoms with Crippen LogP contribution in [0, 0.1) is 11.3 Å². The first-order valence-corrected chi connectivity index (χ1v) is 6.54. The van der Waals surface area contributed by atoms with Crippen molar-refractivity contribution in [2.24, 2.45) is 0 Å². The van der Waals surface area contributed by atoms with E-state index in [1.165, 1.54) is 0 Å². The van der Waals surface area contributed by atoms with Gasteiger partial charge in [-0.3, -0.25) is 9.59 Å². The molecule has 1 amide bonds. The molecule has 21 heavy (non-hydrogen) atoms. The van der Waals surface area contributed by atoms with Gasteiger partial charge < -0.3 is 15.7 Å². The lowest BCUT2D eigenvalue weighted by molar-refractivity contribution is -0.137. The van der Waals surface area contributed by atoms with Gasteiger partial charge in [-0.25, -0.2) is 0 Å². The zero-order valence-electron chi connectivity index (χ0n) is 11.9. The van der Waals surface area contributed by atoms with Crippen LogP contribution in [0.5, 0.6) is 0 Å². The van der Waals surface area contributed by atoms with Crippen LogP contribution < -0.4 is 10.6 Å². The van der Waals surface area contributed by atoms with Gasteiger partial charge in [-0.15, -0.1) is 5.10 Å². The third-order valence-electron chi connectivity index (χ3n) is 2.81. The zero-order valence-corrected chi connectivity index (χ0v) is 11.9. The molecule has 0 saturated carbocycles. The van der Waals surface area contributed by atoms with Gasteiger partial charge in [0, 0.05) is 0 Å². The fourth-order valence-corrected chi connectivity index (χ4v) is 1.82. The largest absolute Gasteiger partial charge is 0.480 e. The zero-order chi connectivity index (χ0) is 15.8. The van der Waals surface area contributed by atoms with Gasteiger partial charge in [0.25, 0.3) is 0 Å². The van der Waals surface area contributed by atoms with Gasteiger partial charge in [0.05, 0.1) is 12.2 Å². The summed E-state index contributed by atoms with van der Waals surface area (Å²) in [5.74, 6) is -1.39. The number of anilines is 1. The second-order valence-electron chi connectivity index (χ2n) is 4.19. The van der Waals surface area contributed by atoms with E-state index in [9.17, 15) is 14.9 Å². The maximum absolute atomic E-state index is 11.4. The van der Waals surface area contributed by atoms with Crippen LogP contribution >= 0.6 is 0 Å². The summed E-state index contributed by atoms with van der Waals surface area (Å²) in [4.78, 5) is 21.8. The predicted octanol–water partition coefficient (Wildman–Crippen LogP) is 0.0858. The SMILES string of the molecule is CCc1nnc(NCC(=O)NCC(=O)O)c(C#N)c1CC. The van der Waals surface area contributed by atoms with Crippen molar-refractivity contribution in [2.75, 3.05) is 18.4 Å². The van der Waals surface area contributed by atoms with Crippen molar-refractivity contribution in [2.45, 2.75) is 26.7 Å². The number of carbonyl (C=O) groups is 2. The summed E-state index contributed by atoms with van der Waals surface area (Å²) in [7, 11) is 0. The molecule has 0 aliphatic carbocycles. The fourth-order valence-electron chi connectivity index (χ4n) is 1.82. The van der Waals surface area contributed by atoms with Crippen LogP contribution in [0.1, 0.15) is 30.7 Å². The Bertz CT molecular complexity index is 580. The molecule has 112 valence electrons.